The predicted molar refractivity (Wildman–Crippen MR) is 266 cm³/mol. The van der Waals surface area contributed by atoms with E-state index in [9.17, 15) is 0 Å². The normalized spacial score (nSPS) is 11.7. The second-order valence-corrected chi connectivity index (χ2v) is 17.8. The predicted octanol–water partition coefficient (Wildman–Crippen LogP) is 18.8. The van der Waals surface area contributed by atoms with Crippen molar-refractivity contribution in [2.45, 2.75) is 219 Å². The molecule has 3 rings (SSSR count). The van der Waals surface area contributed by atoms with Crippen LogP contribution in [0.5, 0.6) is 0 Å². The Kier molecular flexibility index (Phi) is 31.2. The van der Waals surface area contributed by atoms with Crippen LogP contribution in [0.25, 0.3) is 24.3 Å². The molecule has 0 aliphatic carbocycles. The Labute approximate surface area is 366 Å². The average Bonchev–Trinajstić information content (AvgIpc) is 3.27. The lowest BCUT2D eigenvalue weighted by atomic mass is 10.0. The minimum atomic E-state index is 1.17. The molecule has 3 aromatic rings. The van der Waals surface area contributed by atoms with E-state index in [0.717, 1.165) is 0 Å². The van der Waals surface area contributed by atoms with Gasteiger partial charge in [0.2, 0.25) is 0 Å². The van der Waals surface area contributed by atoms with E-state index in [1.807, 2.05) is 24.5 Å². The molecule has 0 aliphatic heterocycles. The van der Waals surface area contributed by atoms with Crippen LogP contribution in [0.1, 0.15) is 242 Å². The first-order valence-electron chi connectivity index (χ1n) is 25.5. The van der Waals surface area contributed by atoms with E-state index in [1.54, 1.807) is 0 Å². The summed E-state index contributed by atoms with van der Waals surface area (Å²) in [6, 6.07) is 22.2. The molecule has 0 aliphatic rings. The molecule has 0 saturated carbocycles. The molecule has 0 unspecified atom stereocenters. The zero-order chi connectivity index (χ0) is 41.5. The maximum atomic E-state index is 4.11. The molecule has 0 radical (unpaired) electrons. The molecule has 0 fully saturated rings. The van der Waals surface area contributed by atoms with Crippen LogP contribution in [0.2, 0.25) is 0 Å². The van der Waals surface area contributed by atoms with Crippen LogP contribution in [0.3, 0.4) is 0 Å². The van der Waals surface area contributed by atoms with Crippen molar-refractivity contribution in [1.82, 2.24) is 4.98 Å². The molecular weight excluding hydrogens is 713 g/mol. The smallest absolute Gasteiger partial charge is 0.0366 e. The molecule has 1 heterocycles. The van der Waals surface area contributed by atoms with Gasteiger partial charge in [0, 0.05) is 31.2 Å². The van der Waals surface area contributed by atoms with E-state index in [0.29, 0.717) is 0 Å². The number of anilines is 1. The highest BCUT2D eigenvalue weighted by atomic mass is 15.1. The van der Waals surface area contributed by atoms with E-state index < -0.39 is 0 Å². The Hall–Kier alpha value is -3.13. The first-order chi connectivity index (χ1) is 29.3. The number of rotatable bonds is 39. The Morgan fingerprint density at radius 2 is 0.542 bits per heavy atom. The van der Waals surface area contributed by atoms with E-state index in [-0.39, 0.29) is 0 Å². The van der Waals surface area contributed by atoms with Crippen LogP contribution in [0.4, 0.5) is 5.69 Å². The Bertz CT molecular complexity index is 1350. The van der Waals surface area contributed by atoms with Crippen molar-refractivity contribution in [2.24, 2.45) is 0 Å². The Balaban J connectivity index is 1.34. The van der Waals surface area contributed by atoms with Gasteiger partial charge < -0.3 is 4.90 Å². The summed E-state index contributed by atoms with van der Waals surface area (Å²) in [7, 11) is 0. The van der Waals surface area contributed by atoms with Gasteiger partial charge in [-0.1, -0.05) is 267 Å². The summed E-state index contributed by atoms with van der Waals surface area (Å²) in [5.74, 6) is 0. The van der Waals surface area contributed by atoms with Crippen LogP contribution in [-0.2, 0) is 0 Å². The highest BCUT2D eigenvalue weighted by Crippen LogP contribution is 2.21. The second kappa shape index (κ2) is 36.7. The molecule has 0 amide bonds. The SMILES string of the molecule is CCCCCCCCCCCCCCCCCCN(CCCCCCCCCCCCCCCCCC)c1ccc(/C=C/c2ccc(/C=C/c3ccncc3)cc2)cc1. The summed E-state index contributed by atoms with van der Waals surface area (Å²) >= 11 is 0. The highest BCUT2D eigenvalue weighted by molar-refractivity contribution is 5.73. The zero-order valence-corrected chi connectivity index (χ0v) is 38.7. The number of unbranched alkanes of at least 4 members (excludes halogenated alkanes) is 30. The van der Waals surface area contributed by atoms with Gasteiger partial charge in [0.15, 0.2) is 0 Å². The lowest BCUT2D eigenvalue weighted by Gasteiger charge is -2.25. The third-order valence-corrected chi connectivity index (χ3v) is 12.4. The Morgan fingerprint density at radius 1 is 0.305 bits per heavy atom. The number of pyridine rings is 1. The molecule has 59 heavy (non-hydrogen) atoms. The minimum Gasteiger partial charge on any atom is -0.372 e. The van der Waals surface area contributed by atoms with Gasteiger partial charge in [-0.25, -0.2) is 0 Å². The van der Waals surface area contributed by atoms with Crippen molar-refractivity contribution in [3.05, 3.63) is 95.3 Å². The van der Waals surface area contributed by atoms with Gasteiger partial charge in [-0.05, 0) is 59.4 Å². The molecule has 2 nitrogen and oxygen atoms in total. The van der Waals surface area contributed by atoms with Crippen LogP contribution in [0.15, 0.2) is 73.1 Å². The summed E-state index contributed by atoms with van der Waals surface area (Å²) in [6.45, 7) is 7.00. The summed E-state index contributed by atoms with van der Waals surface area (Å²) in [6.07, 6.45) is 58.1. The maximum absolute atomic E-state index is 4.11. The van der Waals surface area contributed by atoms with E-state index in [2.05, 4.69) is 96.6 Å². The van der Waals surface area contributed by atoms with E-state index >= 15 is 0 Å². The number of hydrogen-bond acceptors (Lipinski definition) is 2. The first kappa shape index (κ1) is 50.2. The molecule has 0 bridgehead atoms. The molecule has 2 aromatic carbocycles. The van der Waals surface area contributed by atoms with Crippen molar-refractivity contribution in [1.29, 1.82) is 0 Å². The Morgan fingerprint density at radius 3 is 0.831 bits per heavy atom. The third kappa shape index (κ3) is 27.4. The average molecular weight is 803 g/mol. The quantitative estimate of drug-likeness (QED) is 0.0422. The molecular formula is C57H90N2. The second-order valence-electron chi connectivity index (χ2n) is 17.8. The molecule has 0 spiro atoms. The van der Waals surface area contributed by atoms with Gasteiger partial charge in [-0.2, -0.15) is 0 Å². The standard InChI is InChI=1S/C57H90N2/c1-3-5-7-9-11-13-15-17-19-21-23-25-27-29-31-33-51-59(52-34-32-30-28-26-24-22-20-18-16-14-12-10-8-6-4-2)57-45-43-55(44-46-57)40-39-53-35-37-54(38-36-53)41-42-56-47-49-58-50-48-56/h35-50H,3-34,51-52H2,1-2H3/b40-39+,42-41+. The van der Waals surface area contributed by atoms with Gasteiger partial charge in [0.25, 0.3) is 0 Å². The summed E-state index contributed by atoms with van der Waals surface area (Å²) in [5.41, 5.74) is 6.26. The molecule has 0 N–H and O–H groups in total. The highest BCUT2D eigenvalue weighted by Gasteiger charge is 2.07. The van der Waals surface area contributed by atoms with Crippen LogP contribution in [-0.4, -0.2) is 18.1 Å². The third-order valence-electron chi connectivity index (χ3n) is 12.4. The van der Waals surface area contributed by atoms with Gasteiger partial charge in [0.05, 0.1) is 0 Å². The van der Waals surface area contributed by atoms with E-state index in [4.69, 9.17) is 0 Å². The number of benzene rings is 2. The first-order valence-corrected chi connectivity index (χ1v) is 25.5. The van der Waals surface area contributed by atoms with Crippen molar-refractivity contribution < 1.29 is 0 Å². The summed E-state index contributed by atoms with van der Waals surface area (Å²) in [5, 5.41) is 0. The monoisotopic (exact) mass is 803 g/mol. The number of hydrogen-bond donors (Lipinski definition) is 0. The van der Waals surface area contributed by atoms with Gasteiger partial charge in [0.1, 0.15) is 0 Å². The van der Waals surface area contributed by atoms with Crippen molar-refractivity contribution in [3.63, 3.8) is 0 Å². The van der Waals surface area contributed by atoms with Gasteiger partial charge in [-0.3, -0.25) is 4.98 Å². The van der Waals surface area contributed by atoms with E-state index in [1.165, 1.54) is 246 Å². The zero-order valence-electron chi connectivity index (χ0n) is 38.7. The lowest BCUT2D eigenvalue weighted by molar-refractivity contribution is 0.524. The minimum absolute atomic E-state index is 1.17. The fraction of sp³-hybridized carbons (Fsp3) is 0.632. The van der Waals surface area contributed by atoms with Crippen molar-refractivity contribution in [3.8, 4) is 0 Å². The van der Waals surface area contributed by atoms with Gasteiger partial charge >= 0.3 is 0 Å². The maximum Gasteiger partial charge on any atom is 0.0366 e. The molecule has 2 heteroatoms. The van der Waals surface area contributed by atoms with Gasteiger partial charge in [-0.15, -0.1) is 0 Å². The van der Waals surface area contributed by atoms with Crippen molar-refractivity contribution >= 4 is 30.0 Å². The largest absolute Gasteiger partial charge is 0.372 e. The lowest BCUT2D eigenvalue weighted by Crippen LogP contribution is -2.25. The van der Waals surface area contributed by atoms with Crippen molar-refractivity contribution in [2.75, 3.05) is 18.0 Å². The topological polar surface area (TPSA) is 16.1 Å². The number of nitrogens with zero attached hydrogens (tertiary/aromatic N) is 2. The summed E-state index contributed by atoms with van der Waals surface area (Å²) in [4.78, 5) is 6.80. The summed E-state index contributed by atoms with van der Waals surface area (Å²) < 4.78 is 0. The van der Waals surface area contributed by atoms with Crippen LogP contribution >= 0.6 is 0 Å². The fourth-order valence-corrected chi connectivity index (χ4v) is 8.45. The van der Waals surface area contributed by atoms with Crippen LogP contribution in [0, 0.1) is 0 Å². The van der Waals surface area contributed by atoms with Crippen LogP contribution < -0.4 is 4.90 Å². The molecule has 1 aromatic heterocycles. The molecule has 328 valence electrons. The number of aromatic nitrogens is 1. The molecule has 0 saturated heterocycles. The molecule has 0 atom stereocenters. The fourth-order valence-electron chi connectivity index (χ4n) is 8.45.